The normalized spacial score (nSPS) is 33.2. The molecule has 0 radical (unpaired) electrons. The van der Waals surface area contributed by atoms with Gasteiger partial charge < -0.3 is 10.2 Å². The third-order valence-electron chi connectivity index (χ3n) is 14.2. The molecule has 2 nitrogen and oxygen atoms in total. The van der Waals surface area contributed by atoms with Crippen LogP contribution in [0.5, 0.6) is 0 Å². The van der Waals surface area contributed by atoms with E-state index >= 15 is 0 Å². The summed E-state index contributed by atoms with van der Waals surface area (Å²) in [6.07, 6.45) is 35.4. The van der Waals surface area contributed by atoms with Crippen LogP contribution in [0, 0.1) is 58.2 Å². The Hall–Kier alpha value is -0.600. The van der Waals surface area contributed by atoms with E-state index in [1.807, 2.05) is 0 Å². The van der Waals surface area contributed by atoms with Gasteiger partial charge in [-0.25, -0.2) is 0 Å². The van der Waals surface area contributed by atoms with Crippen molar-refractivity contribution in [2.24, 2.45) is 58.2 Å². The molecule has 4 rings (SSSR count). The fourth-order valence-electron chi connectivity index (χ4n) is 11.1. The van der Waals surface area contributed by atoms with Gasteiger partial charge in [0.15, 0.2) is 0 Å². The SMILES string of the molecule is CC(C)CCCCCCCCCCCCCO.CC[C@H](/C=C/[C@@H](C)[C@H]1CC[C@H]2[C@@H]3CC=C4C[C@@H](O)CC[C@]4(C)[C@H]3CC[C@]12C)C(C)C. The number of fused-ring (bicyclic) bond motifs is 5. The number of allylic oxidation sites excluding steroid dienone is 3. The van der Waals surface area contributed by atoms with Crippen molar-refractivity contribution in [2.75, 3.05) is 6.61 Å². The fourth-order valence-corrected chi connectivity index (χ4v) is 11.1. The van der Waals surface area contributed by atoms with E-state index in [-0.39, 0.29) is 6.10 Å². The molecule has 4 aliphatic rings. The molecule has 47 heavy (non-hydrogen) atoms. The second-order valence-corrected chi connectivity index (χ2v) is 18.2. The van der Waals surface area contributed by atoms with Gasteiger partial charge >= 0.3 is 0 Å². The van der Waals surface area contributed by atoms with Gasteiger partial charge in [0, 0.05) is 6.61 Å². The minimum Gasteiger partial charge on any atom is -0.396 e. The van der Waals surface area contributed by atoms with Gasteiger partial charge in [0.2, 0.25) is 0 Å². The predicted octanol–water partition coefficient (Wildman–Crippen LogP) is 13.1. The van der Waals surface area contributed by atoms with Gasteiger partial charge in [0.1, 0.15) is 0 Å². The zero-order valence-electron chi connectivity index (χ0n) is 32.9. The number of unbranched alkanes of at least 4 members (excludes halogenated alkanes) is 10. The lowest BCUT2D eigenvalue weighted by atomic mass is 9.47. The van der Waals surface area contributed by atoms with Gasteiger partial charge in [-0.3, -0.25) is 0 Å². The number of rotatable bonds is 18. The Kier molecular flexibility index (Phi) is 17.6. The Balaban J connectivity index is 0.000000303. The molecule has 0 unspecified atom stereocenters. The minimum absolute atomic E-state index is 0.0870. The lowest BCUT2D eigenvalue weighted by Gasteiger charge is -2.58. The third-order valence-corrected chi connectivity index (χ3v) is 14.2. The van der Waals surface area contributed by atoms with Crippen LogP contribution in [0.4, 0.5) is 0 Å². The molecule has 274 valence electrons. The standard InChI is InChI=1S/C29H48O.C16H34O/c1-7-21(19(2)3)9-8-20(4)25-12-13-26-24-11-10-22-18-23(30)14-16-28(22,5)27(24)15-17-29(25,26)6;1-16(2)14-12-10-8-6-4-3-5-7-9-11-13-15-17/h8-10,19-21,23-27,30H,7,11-18H2,1-6H3;16-17H,3-15H2,1-2H3/b9-8+;/t20-,21-,23+,24+,25-,26+,27+,28+,29-;/m1./s1. The first-order chi connectivity index (χ1) is 22.5. The molecular weight excluding hydrogens is 572 g/mol. The molecule has 2 heteroatoms. The summed E-state index contributed by atoms with van der Waals surface area (Å²) in [7, 11) is 0. The summed E-state index contributed by atoms with van der Waals surface area (Å²) in [6.45, 7) is 19.8. The van der Waals surface area contributed by atoms with Crippen molar-refractivity contribution in [1.82, 2.24) is 0 Å². The van der Waals surface area contributed by atoms with Crippen molar-refractivity contribution < 1.29 is 10.2 Å². The van der Waals surface area contributed by atoms with Crippen molar-refractivity contribution in [3.05, 3.63) is 23.8 Å². The van der Waals surface area contributed by atoms with Crippen LogP contribution < -0.4 is 0 Å². The number of aliphatic hydroxyl groups is 2. The van der Waals surface area contributed by atoms with Gasteiger partial charge in [-0.1, -0.05) is 150 Å². The predicted molar refractivity (Wildman–Crippen MR) is 205 cm³/mol. The van der Waals surface area contributed by atoms with Crippen LogP contribution in [0.15, 0.2) is 23.8 Å². The van der Waals surface area contributed by atoms with Crippen LogP contribution >= 0.6 is 0 Å². The maximum Gasteiger partial charge on any atom is 0.0577 e. The van der Waals surface area contributed by atoms with E-state index in [1.54, 1.807) is 5.57 Å². The summed E-state index contributed by atoms with van der Waals surface area (Å²) in [5, 5.41) is 18.9. The van der Waals surface area contributed by atoms with E-state index in [0.29, 0.717) is 23.4 Å². The Bertz CT molecular complexity index is 917. The van der Waals surface area contributed by atoms with E-state index < -0.39 is 0 Å². The van der Waals surface area contributed by atoms with Gasteiger partial charge in [-0.2, -0.15) is 0 Å². The van der Waals surface area contributed by atoms with E-state index in [0.717, 1.165) is 60.7 Å². The molecule has 0 spiro atoms. The summed E-state index contributed by atoms with van der Waals surface area (Å²) in [4.78, 5) is 0. The molecule has 3 saturated carbocycles. The molecule has 0 heterocycles. The van der Waals surface area contributed by atoms with Crippen LogP contribution in [-0.4, -0.2) is 22.9 Å². The van der Waals surface area contributed by atoms with Crippen LogP contribution in [0.2, 0.25) is 0 Å². The Morgan fingerprint density at radius 3 is 1.96 bits per heavy atom. The van der Waals surface area contributed by atoms with Crippen LogP contribution in [0.25, 0.3) is 0 Å². The molecule has 0 aromatic carbocycles. The van der Waals surface area contributed by atoms with Crippen LogP contribution in [0.1, 0.15) is 190 Å². The molecule has 9 atom stereocenters. The van der Waals surface area contributed by atoms with Gasteiger partial charge in [-0.05, 0) is 122 Å². The number of aliphatic hydroxyl groups excluding tert-OH is 2. The van der Waals surface area contributed by atoms with E-state index in [2.05, 4.69) is 73.6 Å². The van der Waals surface area contributed by atoms with E-state index in [1.165, 1.54) is 116 Å². The molecule has 3 fully saturated rings. The molecular formula is C45H82O2. The van der Waals surface area contributed by atoms with Crippen molar-refractivity contribution >= 4 is 0 Å². The van der Waals surface area contributed by atoms with E-state index in [4.69, 9.17) is 5.11 Å². The van der Waals surface area contributed by atoms with Crippen molar-refractivity contribution in [3.63, 3.8) is 0 Å². The highest BCUT2D eigenvalue weighted by molar-refractivity contribution is 5.25. The van der Waals surface area contributed by atoms with Crippen LogP contribution in [0.3, 0.4) is 0 Å². The average Bonchev–Trinajstić information content (AvgIpc) is 3.39. The number of hydrogen-bond donors (Lipinski definition) is 2. The highest BCUT2D eigenvalue weighted by Gasteiger charge is 2.59. The maximum atomic E-state index is 10.2. The monoisotopic (exact) mass is 655 g/mol. The molecule has 0 saturated heterocycles. The van der Waals surface area contributed by atoms with Gasteiger partial charge in [0.25, 0.3) is 0 Å². The summed E-state index contributed by atoms with van der Waals surface area (Å²) >= 11 is 0. The molecule has 0 amide bonds. The minimum atomic E-state index is -0.0870. The number of hydrogen-bond acceptors (Lipinski definition) is 2. The summed E-state index contributed by atoms with van der Waals surface area (Å²) in [5.74, 6) is 6.58. The Labute approximate surface area is 294 Å². The Morgan fingerprint density at radius 2 is 1.38 bits per heavy atom. The first-order valence-electron chi connectivity index (χ1n) is 21.1. The molecule has 0 aromatic heterocycles. The van der Waals surface area contributed by atoms with Gasteiger partial charge in [0.05, 0.1) is 6.10 Å². The fraction of sp³-hybridized carbons (Fsp3) is 0.911. The molecule has 2 N–H and O–H groups in total. The summed E-state index contributed by atoms with van der Waals surface area (Å²) in [6, 6.07) is 0. The maximum absolute atomic E-state index is 10.2. The molecule has 0 aliphatic heterocycles. The highest BCUT2D eigenvalue weighted by Crippen LogP contribution is 2.67. The zero-order valence-corrected chi connectivity index (χ0v) is 32.9. The Morgan fingerprint density at radius 1 is 0.766 bits per heavy atom. The average molecular weight is 655 g/mol. The second-order valence-electron chi connectivity index (χ2n) is 18.2. The largest absolute Gasteiger partial charge is 0.396 e. The first kappa shape index (κ1) is 40.8. The van der Waals surface area contributed by atoms with Crippen molar-refractivity contribution in [1.29, 1.82) is 0 Å². The molecule has 4 aliphatic carbocycles. The summed E-state index contributed by atoms with van der Waals surface area (Å²) in [5.41, 5.74) is 2.51. The van der Waals surface area contributed by atoms with Crippen LogP contribution in [-0.2, 0) is 0 Å². The smallest absolute Gasteiger partial charge is 0.0577 e. The molecule has 0 bridgehead atoms. The first-order valence-corrected chi connectivity index (χ1v) is 21.1. The van der Waals surface area contributed by atoms with Gasteiger partial charge in [-0.15, -0.1) is 0 Å². The van der Waals surface area contributed by atoms with E-state index in [9.17, 15) is 5.11 Å². The lowest BCUT2D eigenvalue weighted by molar-refractivity contribution is -0.0540. The van der Waals surface area contributed by atoms with Crippen molar-refractivity contribution in [2.45, 2.75) is 196 Å². The quantitative estimate of drug-likeness (QED) is 0.114. The summed E-state index contributed by atoms with van der Waals surface area (Å²) < 4.78 is 0. The molecule has 0 aromatic rings. The third kappa shape index (κ3) is 11.5. The zero-order chi connectivity index (χ0) is 34.5. The topological polar surface area (TPSA) is 40.5 Å². The highest BCUT2D eigenvalue weighted by atomic mass is 16.3. The second kappa shape index (κ2) is 20.3. The lowest BCUT2D eigenvalue weighted by Crippen LogP contribution is -2.50. The van der Waals surface area contributed by atoms with Crippen molar-refractivity contribution in [3.8, 4) is 0 Å².